The van der Waals surface area contributed by atoms with Crippen LogP contribution in [0.3, 0.4) is 0 Å². The molecule has 0 N–H and O–H groups in total. The number of nitrogens with zero attached hydrogens (tertiary/aromatic N) is 3. The lowest BCUT2D eigenvalue weighted by atomic mass is 10.1. The number of rotatable bonds is 6. The van der Waals surface area contributed by atoms with E-state index in [0.717, 1.165) is 22.2 Å². The minimum atomic E-state index is -0.809. The Morgan fingerprint density at radius 2 is 1.84 bits per heavy atom. The Bertz CT molecular complexity index is 1000. The van der Waals surface area contributed by atoms with E-state index in [1.165, 1.54) is 4.90 Å². The van der Waals surface area contributed by atoms with Crippen molar-refractivity contribution in [2.45, 2.75) is 19.4 Å². The fourth-order valence-corrected chi connectivity index (χ4v) is 4.50. The van der Waals surface area contributed by atoms with Crippen LogP contribution in [0.1, 0.15) is 22.3 Å². The van der Waals surface area contributed by atoms with E-state index in [2.05, 4.69) is 27.5 Å². The van der Waals surface area contributed by atoms with E-state index in [0.29, 0.717) is 37.6 Å². The molecule has 4 rings (SSSR count). The highest BCUT2D eigenvalue weighted by atomic mass is 127. The number of benzene rings is 2. The maximum Gasteiger partial charge on any atom is 0.257 e. The fraction of sp³-hybridized carbons (Fsp3) is 0.375. The molecule has 3 amide bonds. The average molecular weight is 547 g/mol. The molecule has 0 saturated carbocycles. The Morgan fingerprint density at radius 1 is 1.12 bits per heavy atom. The highest BCUT2D eigenvalue weighted by molar-refractivity contribution is 14.1. The Kier molecular flexibility index (Phi) is 7.22. The summed E-state index contributed by atoms with van der Waals surface area (Å²) in [7, 11) is 0. The van der Waals surface area contributed by atoms with E-state index >= 15 is 0 Å². The lowest BCUT2D eigenvalue weighted by molar-refractivity contribution is -0.122. The first kappa shape index (κ1) is 22.9. The number of morpholine rings is 1. The molecule has 2 saturated heterocycles. The van der Waals surface area contributed by atoms with Crippen molar-refractivity contribution in [1.82, 2.24) is 9.80 Å². The molecule has 32 heavy (non-hydrogen) atoms. The standard InChI is InChI=1S/C24H26IN3O4/c1-17-3-2-4-18(15-17)23(30)27(10-9-26-11-13-32-14-12-26)21-16-22(29)28(24(21)31)20-7-5-19(25)6-8-20/h2-8,15,21H,9-14,16H2,1H3. The number of aryl methyl sites for hydroxylation is 1. The molecular formula is C24H26IN3O4. The summed E-state index contributed by atoms with van der Waals surface area (Å²) in [6.45, 7) is 5.83. The molecule has 168 valence electrons. The molecule has 2 aromatic rings. The highest BCUT2D eigenvalue weighted by Crippen LogP contribution is 2.27. The van der Waals surface area contributed by atoms with Crippen LogP contribution in [-0.4, -0.2) is 73.0 Å². The zero-order chi connectivity index (χ0) is 22.7. The largest absolute Gasteiger partial charge is 0.379 e. The van der Waals surface area contributed by atoms with Crippen LogP contribution in [0.25, 0.3) is 0 Å². The summed E-state index contributed by atoms with van der Waals surface area (Å²) in [4.78, 5) is 44.7. The number of imide groups is 1. The number of hydrogen-bond donors (Lipinski definition) is 0. The van der Waals surface area contributed by atoms with Crippen molar-refractivity contribution in [1.29, 1.82) is 0 Å². The van der Waals surface area contributed by atoms with Gasteiger partial charge in [-0.1, -0.05) is 17.7 Å². The second-order valence-corrected chi connectivity index (χ2v) is 9.33. The fourth-order valence-electron chi connectivity index (χ4n) is 4.14. The van der Waals surface area contributed by atoms with Crippen molar-refractivity contribution in [2.75, 3.05) is 44.3 Å². The van der Waals surface area contributed by atoms with E-state index in [1.54, 1.807) is 23.1 Å². The number of amides is 3. The first-order chi connectivity index (χ1) is 15.4. The molecule has 2 aliphatic heterocycles. The van der Waals surface area contributed by atoms with E-state index in [1.807, 2.05) is 37.3 Å². The first-order valence-electron chi connectivity index (χ1n) is 10.7. The summed E-state index contributed by atoms with van der Waals surface area (Å²) < 4.78 is 6.43. The molecule has 2 fully saturated rings. The molecule has 7 nitrogen and oxygen atoms in total. The minimum Gasteiger partial charge on any atom is -0.379 e. The van der Waals surface area contributed by atoms with Crippen LogP contribution in [0.5, 0.6) is 0 Å². The number of hydrogen-bond acceptors (Lipinski definition) is 5. The van der Waals surface area contributed by atoms with Gasteiger partial charge in [0.1, 0.15) is 6.04 Å². The Morgan fingerprint density at radius 3 is 2.53 bits per heavy atom. The van der Waals surface area contributed by atoms with Gasteiger partial charge in [0.15, 0.2) is 0 Å². The topological polar surface area (TPSA) is 70.2 Å². The van der Waals surface area contributed by atoms with Crippen molar-refractivity contribution in [3.63, 3.8) is 0 Å². The second-order valence-electron chi connectivity index (χ2n) is 8.09. The molecule has 2 aromatic carbocycles. The van der Waals surface area contributed by atoms with Gasteiger partial charge < -0.3 is 9.64 Å². The molecule has 0 aliphatic carbocycles. The molecule has 2 aliphatic rings. The molecule has 0 aromatic heterocycles. The van der Waals surface area contributed by atoms with Gasteiger partial charge in [-0.15, -0.1) is 0 Å². The molecular weight excluding hydrogens is 521 g/mol. The first-order valence-corrected chi connectivity index (χ1v) is 11.8. The second kappa shape index (κ2) is 10.1. The molecule has 1 unspecified atom stereocenters. The highest BCUT2D eigenvalue weighted by Gasteiger charge is 2.44. The summed E-state index contributed by atoms with van der Waals surface area (Å²) in [5, 5.41) is 0. The molecule has 8 heteroatoms. The van der Waals surface area contributed by atoms with Crippen LogP contribution in [0.4, 0.5) is 5.69 Å². The molecule has 1 atom stereocenters. The third-order valence-corrected chi connectivity index (χ3v) is 6.59. The maximum atomic E-state index is 13.5. The van der Waals surface area contributed by atoms with Crippen molar-refractivity contribution in [3.8, 4) is 0 Å². The zero-order valence-corrected chi connectivity index (χ0v) is 20.2. The smallest absolute Gasteiger partial charge is 0.257 e. The SMILES string of the molecule is Cc1cccc(C(=O)N(CCN2CCOCC2)C2CC(=O)N(c3ccc(I)cc3)C2=O)c1. The quantitative estimate of drug-likeness (QED) is 0.411. The summed E-state index contributed by atoms with van der Waals surface area (Å²) in [5.74, 6) is -0.855. The lowest BCUT2D eigenvalue weighted by Crippen LogP contribution is -2.49. The Hall–Kier alpha value is -2.30. The Labute approximate surface area is 201 Å². The lowest BCUT2D eigenvalue weighted by Gasteiger charge is -2.32. The van der Waals surface area contributed by atoms with Crippen LogP contribution in [-0.2, 0) is 14.3 Å². The van der Waals surface area contributed by atoms with Crippen LogP contribution < -0.4 is 4.90 Å². The van der Waals surface area contributed by atoms with Gasteiger partial charge in [0, 0.05) is 35.3 Å². The third-order valence-electron chi connectivity index (χ3n) is 5.87. The monoisotopic (exact) mass is 547 g/mol. The molecule has 0 radical (unpaired) electrons. The molecule has 0 bridgehead atoms. The molecule has 2 heterocycles. The van der Waals surface area contributed by atoms with Crippen LogP contribution in [0, 0.1) is 10.5 Å². The Balaban J connectivity index is 1.59. The maximum absolute atomic E-state index is 13.5. The zero-order valence-electron chi connectivity index (χ0n) is 18.0. The van der Waals surface area contributed by atoms with Gasteiger partial charge in [-0.3, -0.25) is 19.3 Å². The van der Waals surface area contributed by atoms with Crippen LogP contribution >= 0.6 is 22.6 Å². The number of carbonyl (C=O) groups excluding carboxylic acids is 3. The third kappa shape index (κ3) is 5.02. The summed E-state index contributed by atoms with van der Waals surface area (Å²) >= 11 is 2.18. The van der Waals surface area contributed by atoms with Gasteiger partial charge in [0.25, 0.3) is 11.8 Å². The van der Waals surface area contributed by atoms with Gasteiger partial charge in [-0.05, 0) is 65.9 Å². The van der Waals surface area contributed by atoms with Crippen LogP contribution in [0.15, 0.2) is 48.5 Å². The van der Waals surface area contributed by atoms with Gasteiger partial charge in [-0.2, -0.15) is 0 Å². The summed E-state index contributed by atoms with van der Waals surface area (Å²) in [5.41, 5.74) is 2.04. The predicted molar refractivity (Wildman–Crippen MR) is 130 cm³/mol. The summed E-state index contributed by atoms with van der Waals surface area (Å²) in [6.07, 6.45) is -0.00845. The van der Waals surface area contributed by atoms with E-state index in [4.69, 9.17) is 4.74 Å². The van der Waals surface area contributed by atoms with E-state index in [-0.39, 0.29) is 24.1 Å². The van der Waals surface area contributed by atoms with Gasteiger partial charge >= 0.3 is 0 Å². The number of halogens is 1. The van der Waals surface area contributed by atoms with Gasteiger partial charge in [0.2, 0.25) is 5.91 Å². The summed E-state index contributed by atoms with van der Waals surface area (Å²) in [6, 6.07) is 13.8. The van der Waals surface area contributed by atoms with Crippen molar-refractivity contribution >= 4 is 46.0 Å². The van der Waals surface area contributed by atoms with Gasteiger partial charge in [-0.25, -0.2) is 4.90 Å². The molecule has 0 spiro atoms. The van der Waals surface area contributed by atoms with Crippen LogP contribution in [0.2, 0.25) is 0 Å². The van der Waals surface area contributed by atoms with Gasteiger partial charge in [0.05, 0.1) is 25.3 Å². The number of carbonyl (C=O) groups is 3. The van der Waals surface area contributed by atoms with E-state index < -0.39 is 6.04 Å². The number of ether oxygens (including phenoxy) is 1. The normalized spacial score (nSPS) is 19.4. The minimum absolute atomic E-state index is 0.00845. The van der Waals surface area contributed by atoms with Crippen molar-refractivity contribution in [3.05, 3.63) is 63.2 Å². The van der Waals surface area contributed by atoms with Crippen molar-refractivity contribution in [2.24, 2.45) is 0 Å². The van der Waals surface area contributed by atoms with E-state index in [9.17, 15) is 14.4 Å². The predicted octanol–water partition coefficient (Wildman–Crippen LogP) is 2.71. The van der Waals surface area contributed by atoms with Crippen molar-refractivity contribution < 1.29 is 19.1 Å². The average Bonchev–Trinajstić information content (AvgIpc) is 3.09. The number of anilines is 1.